The van der Waals surface area contributed by atoms with Gasteiger partial charge in [-0.25, -0.2) is 5.43 Å². The lowest BCUT2D eigenvalue weighted by molar-refractivity contribution is -0.120. The third-order valence-electron chi connectivity index (χ3n) is 3.18. The first-order chi connectivity index (χ1) is 10.8. The maximum absolute atomic E-state index is 11.9. The molecule has 2 heterocycles. The molecule has 0 unspecified atom stereocenters. The zero-order valence-electron chi connectivity index (χ0n) is 11.8. The highest BCUT2D eigenvalue weighted by Gasteiger charge is 2.07. The maximum atomic E-state index is 11.9. The first kappa shape index (κ1) is 13.9. The molecule has 2 N–H and O–H groups in total. The van der Waals surface area contributed by atoms with E-state index in [4.69, 9.17) is 4.42 Å². The van der Waals surface area contributed by atoms with Crippen LogP contribution in [0, 0.1) is 0 Å². The van der Waals surface area contributed by atoms with Gasteiger partial charge in [-0.1, -0.05) is 18.2 Å². The summed E-state index contributed by atoms with van der Waals surface area (Å²) in [6.07, 6.45) is 8.70. The van der Waals surface area contributed by atoms with Gasteiger partial charge in [0.15, 0.2) is 0 Å². The number of carbonyl (C=O) groups excluding carboxylic acids is 1. The van der Waals surface area contributed by atoms with Gasteiger partial charge in [0.2, 0.25) is 5.91 Å². The summed E-state index contributed by atoms with van der Waals surface area (Å²) in [7, 11) is 0. The molecule has 1 amide bonds. The molecule has 0 fully saturated rings. The van der Waals surface area contributed by atoms with Crippen molar-refractivity contribution in [1.82, 2.24) is 10.4 Å². The molecule has 0 bridgehead atoms. The topological polar surface area (TPSA) is 70.4 Å². The first-order valence-corrected chi connectivity index (χ1v) is 6.90. The summed E-state index contributed by atoms with van der Waals surface area (Å²) < 4.78 is 5.13. The number of nitrogens with zero attached hydrogens (tertiary/aromatic N) is 1. The maximum Gasteiger partial charge on any atom is 0.244 e. The summed E-state index contributed by atoms with van der Waals surface area (Å²) in [5.41, 5.74) is 4.48. The third-order valence-corrected chi connectivity index (χ3v) is 3.18. The van der Waals surface area contributed by atoms with Gasteiger partial charge in [0, 0.05) is 23.3 Å². The number of aromatic amines is 1. The van der Waals surface area contributed by atoms with E-state index in [-0.39, 0.29) is 12.3 Å². The fourth-order valence-corrected chi connectivity index (χ4v) is 2.17. The lowest BCUT2D eigenvalue weighted by atomic mass is 10.1. The van der Waals surface area contributed by atoms with Gasteiger partial charge >= 0.3 is 0 Å². The molecule has 0 aliphatic carbocycles. The highest BCUT2D eigenvalue weighted by molar-refractivity contribution is 5.89. The van der Waals surface area contributed by atoms with Crippen molar-refractivity contribution in [1.29, 1.82) is 0 Å². The molecule has 110 valence electrons. The molecule has 5 nitrogen and oxygen atoms in total. The van der Waals surface area contributed by atoms with Crippen molar-refractivity contribution in [3.63, 3.8) is 0 Å². The number of H-pyrrole nitrogens is 1. The largest absolute Gasteiger partial charge is 0.465 e. The average molecular weight is 293 g/mol. The van der Waals surface area contributed by atoms with Gasteiger partial charge in [0.25, 0.3) is 0 Å². The van der Waals surface area contributed by atoms with E-state index in [9.17, 15) is 4.79 Å². The molecule has 2 aromatic heterocycles. The van der Waals surface area contributed by atoms with Crippen LogP contribution in [0.5, 0.6) is 0 Å². The number of hydrazone groups is 1. The zero-order chi connectivity index (χ0) is 15.2. The first-order valence-electron chi connectivity index (χ1n) is 6.90. The molecule has 3 rings (SSSR count). The van der Waals surface area contributed by atoms with E-state index in [0.717, 1.165) is 22.2 Å². The van der Waals surface area contributed by atoms with E-state index in [2.05, 4.69) is 15.5 Å². The Labute approximate surface area is 127 Å². The summed E-state index contributed by atoms with van der Waals surface area (Å²) in [5, 5.41) is 4.92. The van der Waals surface area contributed by atoms with Crippen molar-refractivity contribution >= 4 is 29.1 Å². The van der Waals surface area contributed by atoms with Crippen molar-refractivity contribution in [3.05, 3.63) is 66.3 Å². The Bertz CT molecular complexity index is 813. The summed E-state index contributed by atoms with van der Waals surface area (Å²) in [4.78, 5) is 15.0. The van der Waals surface area contributed by atoms with Crippen LogP contribution in [0.3, 0.4) is 0 Å². The van der Waals surface area contributed by atoms with Gasteiger partial charge in [0.1, 0.15) is 5.76 Å². The van der Waals surface area contributed by atoms with E-state index < -0.39 is 0 Å². The minimum Gasteiger partial charge on any atom is -0.465 e. The van der Waals surface area contributed by atoms with Crippen molar-refractivity contribution in [2.45, 2.75) is 6.42 Å². The minimum absolute atomic E-state index is 0.160. The van der Waals surface area contributed by atoms with E-state index in [1.165, 1.54) is 6.21 Å². The number of benzene rings is 1. The van der Waals surface area contributed by atoms with Crippen LogP contribution in [-0.4, -0.2) is 17.1 Å². The molecule has 5 heteroatoms. The Morgan fingerprint density at radius 2 is 2.18 bits per heavy atom. The molecular weight excluding hydrogens is 278 g/mol. The van der Waals surface area contributed by atoms with Gasteiger partial charge in [0.05, 0.1) is 12.7 Å². The number of hydrogen-bond acceptors (Lipinski definition) is 3. The van der Waals surface area contributed by atoms with Gasteiger partial charge < -0.3 is 9.40 Å². The second kappa shape index (κ2) is 6.58. The summed E-state index contributed by atoms with van der Waals surface area (Å²) >= 11 is 0. The van der Waals surface area contributed by atoms with Crippen LogP contribution in [0.25, 0.3) is 17.0 Å². The van der Waals surface area contributed by atoms with Crippen LogP contribution < -0.4 is 5.43 Å². The molecule has 0 saturated carbocycles. The second-order valence-electron chi connectivity index (χ2n) is 4.72. The van der Waals surface area contributed by atoms with E-state index >= 15 is 0 Å². The lowest BCUT2D eigenvalue weighted by Crippen LogP contribution is -2.19. The summed E-state index contributed by atoms with van der Waals surface area (Å²) in [6, 6.07) is 11.5. The van der Waals surface area contributed by atoms with Gasteiger partial charge in [-0.3, -0.25) is 4.79 Å². The molecule has 0 radical (unpaired) electrons. The normalized spacial score (nSPS) is 11.6. The molecule has 22 heavy (non-hydrogen) atoms. The molecule has 0 saturated heterocycles. The summed E-state index contributed by atoms with van der Waals surface area (Å²) in [5.74, 6) is 0.573. The predicted octanol–water partition coefficient (Wildman–Crippen LogP) is 3.12. The Balaban J connectivity index is 1.54. The Morgan fingerprint density at radius 3 is 3.05 bits per heavy atom. The van der Waals surface area contributed by atoms with Crippen LogP contribution in [0.15, 0.2) is 64.5 Å². The molecule has 3 aromatic rings. The lowest BCUT2D eigenvalue weighted by Gasteiger charge is -1.98. The van der Waals surface area contributed by atoms with Crippen LogP contribution in [0.1, 0.15) is 11.3 Å². The van der Waals surface area contributed by atoms with Gasteiger partial charge in [-0.15, -0.1) is 0 Å². The number of aromatic nitrogens is 1. The quantitative estimate of drug-likeness (QED) is 0.560. The monoisotopic (exact) mass is 293 g/mol. The molecule has 0 aliphatic rings. The van der Waals surface area contributed by atoms with Crippen molar-refractivity contribution in [2.75, 3.05) is 0 Å². The van der Waals surface area contributed by atoms with Gasteiger partial charge in [-0.2, -0.15) is 5.10 Å². The zero-order valence-corrected chi connectivity index (χ0v) is 11.8. The number of para-hydroxylation sites is 1. The number of allylic oxidation sites excluding steroid dienone is 1. The van der Waals surface area contributed by atoms with Crippen LogP contribution in [0.2, 0.25) is 0 Å². The number of rotatable bonds is 5. The molecule has 0 atom stereocenters. The Hall–Kier alpha value is -3.08. The molecular formula is C17H15N3O2. The fraction of sp³-hybridized carbons (Fsp3) is 0.0588. The number of amides is 1. The smallest absolute Gasteiger partial charge is 0.244 e. The minimum atomic E-state index is -0.160. The van der Waals surface area contributed by atoms with Crippen LogP contribution >= 0.6 is 0 Å². The molecule has 1 aromatic carbocycles. The molecule has 0 spiro atoms. The van der Waals surface area contributed by atoms with Crippen LogP contribution in [-0.2, 0) is 11.2 Å². The number of fused-ring (bicyclic) bond motifs is 1. The van der Waals surface area contributed by atoms with Gasteiger partial charge in [-0.05, 0) is 35.9 Å². The third kappa shape index (κ3) is 3.32. The van der Waals surface area contributed by atoms with E-state index in [1.54, 1.807) is 24.5 Å². The number of carbonyl (C=O) groups is 1. The van der Waals surface area contributed by atoms with Crippen LogP contribution in [0.4, 0.5) is 0 Å². The second-order valence-corrected chi connectivity index (χ2v) is 4.72. The Morgan fingerprint density at radius 1 is 1.27 bits per heavy atom. The standard InChI is InChI=1S/C17H15N3O2/c21-17(20-19-9-3-5-14-6-4-10-22-14)11-13-12-18-16-8-2-1-7-15(13)16/h1-10,12,18H,11H2,(H,20,21). The van der Waals surface area contributed by atoms with E-state index in [1.807, 2.05) is 36.5 Å². The predicted molar refractivity (Wildman–Crippen MR) is 86.4 cm³/mol. The van der Waals surface area contributed by atoms with Crippen molar-refractivity contribution in [2.24, 2.45) is 5.10 Å². The van der Waals surface area contributed by atoms with Crippen molar-refractivity contribution in [3.8, 4) is 0 Å². The highest BCUT2D eigenvalue weighted by Crippen LogP contribution is 2.17. The number of nitrogens with one attached hydrogen (secondary N) is 2. The Kier molecular flexibility index (Phi) is 4.15. The number of hydrogen-bond donors (Lipinski definition) is 2. The van der Waals surface area contributed by atoms with Crippen molar-refractivity contribution < 1.29 is 9.21 Å². The SMILES string of the molecule is O=C(Cc1c[nH]c2ccccc12)NN=CC=Cc1ccco1. The average Bonchev–Trinajstić information content (AvgIpc) is 3.17. The van der Waals surface area contributed by atoms with E-state index in [0.29, 0.717) is 0 Å². The number of furan rings is 1. The fourth-order valence-electron chi connectivity index (χ4n) is 2.17. The summed E-state index contributed by atoms with van der Waals surface area (Å²) in [6.45, 7) is 0. The molecule has 0 aliphatic heterocycles. The highest BCUT2D eigenvalue weighted by atomic mass is 16.3.